The molecule has 3 N–H and O–H groups in total. The highest BCUT2D eigenvalue weighted by atomic mass is 79.9. The van der Waals surface area contributed by atoms with Gasteiger partial charge in [0.05, 0.1) is 5.84 Å². The molecule has 1 heterocycles. The lowest BCUT2D eigenvalue weighted by atomic mass is 10.2. The lowest BCUT2D eigenvalue weighted by Gasteiger charge is -2.03. The topological polar surface area (TPSA) is 54.8 Å². The fourth-order valence-corrected chi connectivity index (χ4v) is 2.52. The minimum atomic E-state index is 0.182. The number of halogens is 1. The second kappa shape index (κ2) is 3.70. The molecule has 0 atom stereocenters. The summed E-state index contributed by atoms with van der Waals surface area (Å²) in [6.07, 6.45) is 0.478. The van der Waals surface area contributed by atoms with Crippen molar-refractivity contribution in [3.63, 3.8) is 0 Å². The number of aromatic nitrogens is 1. The van der Waals surface area contributed by atoms with Crippen molar-refractivity contribution >= 4 is 32.7 Å². The second-order valence-electron chi connectivity index (χ2n) is 3.54. The third-order valence-corrected chi connectivity index (χ3v) is 3.40. The van der Waals surface area contributed by atoms with Crippen LogP contribution < -0.4 is 5.73 Å². The van der Waals surface area contributed by atoms with Gasteiger partial charge in [0.15, 0.2) is 0 Å². The van der Waals surface area contributed by atoms with E-state index < -0.39 is 0 Å². The summed E-state index contributed by atoms with van der Waals surface area (Å²) in [5.74, 6) is 0.182. The molecule has 0 aliphatic heterocycles. The number of nitrogens with zero attached hydrogens (tertiary/aromatic N) is 1. The van der Waals surface area contributed by atoms with Crippen LogP contribution in [-0.4, -0.2) is 10.4 Å². The highest BCUT2D eigenvalue weighted by Crippen LogP contribution is 2.30. The Balaban J connectivity index is 2.69. The normalized spacial score (nSPS) is 10.8. The highest BCUT2D eigenvalue weighted by molar-refractivity contribution is 9.10. The maximum Gasteiger partial charge on any atom is 0.0965 e. The van der Waals surface area contributed by atoms with Crippen LogP contribution in [0.1, 0.15) is 5.69 Å². The first-order valence-corrected chi connectivity index (χ1v) is 5.45. The van der Waals surface area contributed by atoms with E-state index >= 15 is 0 Å². The molecule has 2 aromatic rings. The monoisotopic (exact) mass is 265 g/mol. The van der Waals surface area contributed by atoms with E-state index in [1.54, 1.807) is 0 Å². The Hall–Kier alpha value is -1.29. The van der Waals surface area contributed by atoms with Gasteiger partial charge in [0.1, 0.15) is 0 Å². The number of benzene rings is 1. The quantitative estimate of drug-likeness (QED) is 0.636. The molecule has 0 radical (unpaired) electrons. The average Bonchev–Trinajstić information content (AvgIpc) is 2.44. The van der Waals surface area contributed by atoms with Crippen molar-refractivity contribution in [1.82, 2.24) is 4.57 Å². The maximum absolute atomic E-state index is 7.34. The number of rotatable bonds is 2. The zero-order valence-electron chi connectivity index (χ0n) is 8.42. The fourth-order valence-electron chi connectivity index (χ4n) is 1.78. The third kappa shape index (κ3) is 1.65. The van der Waals surface area contributed by atoms with E-state index in [2.05, 4.69) is 32.6 Å². The molecule has 1 aromatic carbocycles. The van der Waals surface area contributed by atoms with Crippen LogP contribution in [0.25, 0.3) is 10.9 Å². The van der Waals surface area contributed by atoms with E-state index in [1.807, 2.05) is 19.2 Å². The van der Waals surface area contributed by atoms with E-state index in [9.17, 15) is 0 Å². The number of nitrogens with one attached hydrogen (secondary N) is 1. The molecule has 2 rings (SSSR count). The molecular formula is C11H12BrN3. The van der Waals surface area contributed by atoms with E-state index in [4.69, 9.17) is 11.1 Å². The molecule has 0 aliphatic rings. The van der Waals surface area contributed by atoms with Gasteiger partial charge in [-0.3, -0.25) is 5.41 Å². The summed E-state index contributed by atoms with van der Waals surface area (Å²) in [6.45, 7) is 0. The van der Waals surface area contributed by atoms with Gasteiger partial charge in [-0.1, -0.05) is 18.2 Å². The second-order valence-corrected chi connectivity index (χ2v) is 4.33. The van der Waals surface area contributed by atoms with Gasteiger partial charge >= 0.3 is 0 Å². The van der Waals surface area contributed by atoms with Crippen molar-refractivity contribution in [1.29, 1.82) is 5.41 Å². The van der Waals surface area contributed by atoms with Crippen molar-refractivity contribution in [2.45, 2.75) is 6.42 Å². The van der Waals surface area contributed by atoms with Gasteiger partial charge in [0.2, 0.25) is 0 Å². The summed E-state index contributed by atoms with van der Waals surface area (Å²) in [5.41, 5.74) is 7.63. The molecule has 3 nitrogen and oxygen atoms in total. The first-order valence-electron chi connectivity index (χ1n) is 4.66. The number of hydrogen-bond acceptors (Lipinski definition) is 1. The van der Waals surface area contributed by atoms with Crippen LogP contribution in [0.3, 0.4) is 0 Å². The highest BCUT2D eigenvalue weighted by Gasteiger charge is 2.12. The first-order chi connectivity index (χ1) is 7.11. The molecule has 0 saturated heterocycles. The van der Waals surface area contributed by atoms with E-state index in [1.165, 1.54) is 0 Å². The van der Waals surface area contributed by atoms with Crippen LogP contribution in [0.2, 0.25) is 0 Å². The van der Waals surface area contributed by atoms with Gasteiger partial charge in [-0.25, -0.2) is 0 Å². The van der Waals surface area contributed by atoms with E-state index in [-0.39, 0.29) is 5.84 Å². The maximum atomic E-state index is 7.34. The molecule has 1 aromatic heterocycles. The average molecular weight is 266 g/mol. The van der Waals surface area contributed by atoms with Crippen LogP contribution in [0.15, 0.2) is 28.7 Å². The molecule has 0 spiro atoms. The van der Waals surface area contributed by atoms with Gasteiger partial charge in [-0.05, 0) is 22.0 Å². The van der Waals surface area contributed by atoms with Crippen molar-refractivity contribution in [3.05, 3.63) is 34.4 Å². The molecule has 0 fully saturated rings. The number of amidine groups is 1. The molecule has 0 aliphatic carbocycles. The third-order valence-electron chi connectivity index (χ3n) is 2.52. The minimum Gasteiger partial charge on any atom is -0.387 e. The molecule has 15 heavy (non-hydrogen) atoms. The Bertz CT molecular complexity index is 489. The summed E-state index contributed by atoms with van der Waals surface area (Å²) in [5, 5.41) is 8.51. The van der Waals surface area contributed by atoms with Gasteiger partial charge in [-0.15, -0.1) is 0 Å². The van der Waals surface area contributed by atoms with Gasteiger partial charge in [-0.2, -0.15) is 0 Å². The summed E-state index contributed by atoms with van der Waals surface area (Å²) < 4.78 is 3.11. The zero-order valence-corrected chi connectivity index (χ0v) is 10.0. The molecule has 0 amide bonds. The molecule has 4 heteroatoms. The number of para-hydroxylation sites is 1. The predicted octanol–water partition coefficient (Wildman–Crippen LogP) is 2.42. The Morgan fingerprint density at radius 2 is 2.13 bits per heavy atom. The van der Waals surface area contributed by atoms with Crippen LogP contribution in [0.4, 0.5) is 0 Å². The van der Waals surface area contributed by atoms with E-state index in [0.717, 1.165) is 21.1 Å². The molecule has 78 valence electrons. The summed E-state index contributed by atoms with van der Waals surface area (Å²) >= 11 is 3.56. The minimum absolute atomic E-state index is 0.182. The fraction of sp³-hybridized carbons (Fsp3) is 0.182. The molecule has 0 saturated carbocycles. The van der Waals surface area contributed by atoms with Crippen molar-refractivity contribution in [2.24, 2.45) is 12.8 Å². The van der Waals surface area contributed by atoms with Gasteiger partial charge in [0, 0.05) is 34.5 Å². The lowest BCUT2D eigenvalue weighted by Crippen LogP contribution is -2.15. The Morgan fingerprint density at radius 1 is 1.47 bits per heavy atom. The van der Waals surface area contributed by atoms with Crippen molar-refractivity contribution in [3.8, 4) is 0 Å². The Kier molecular flexibility index (Phi) is 2.52. The molecule has 0 bridgehead atoms. The Labute approximate surface area is 96.5 Å². The van der Waals surface area contributed by atoms with Crippen molar-refractivity contribution in [2.75, 3.05) is 0 Å². The SMILES string of the molecule is Cn1c(CC(=N)N)c(Br)c2ccccc21. The van der Waals surface area contributed by atoms with Crippen LogP contribution in [0, 0.1) is 5.41 Å². The summed E-state index contributed by atoms with van der Waals surface area (Å²) in [4.78, 5) is 0. The zero-order chi connectivity index (χ0) is 11.0. The largest absolute Gasteiger partial charge is 0.387 e. The number of fused-ring (bicyclic) bond motifs is 1. The van der Waals surface area contributed by atoms with Crippen molar-refractivity contribution < 1.29 is 0 Å². The Morgan fingerprint density at radius 3 is 2.73 bits per heavy atom. The number of hydrogen-bond donors (Lipinski definition) is 2. The standard InChI is InChI=1S/C11H12BrN3/c1-15-8-5-3-2-4-7(8)11(12)9(15)6-10(13)14/h2-5H,6H2,1H3,(H3,13,14). The first kappa shape index (κ1) is 10.2. The van der Waals surface area contributed by atoms with Crippen LogP contribution in [-0.2, 0) is 13.5 Å². The van der Waals surface area contributed by atoms with Crippen LogP contribution >= 0.6 is 15.9 Å². The van der Waals surface area contributed by atoms with Gasteiger partial charge in [0.25, 0.3) is 0 Å². The van der Waals surface area contributed by atoms with Gasteiger partial charge < -0.3 is 10.3 Å². The van der Waals surface area contributed by atoms with Crippen LogP contribution in [0.5, 0.6) is 0 Å². The smallest absolute Gasteiger partial charge is 0.0965 e. The number of nitrogens with two attached hydrogens (primary N) is 1. The lowest BCUT2D eigenvalue weighted by molar-refractivity contribution is 0.891. The molecule has 0 unspecified atom stereocenters. The predicted molar refractivity (Wildman–Crippen MR) is 66.2 cm³/mol. The number of aryl methyl sites for hydroxylation is 1. The summed E-state index contributed by atoms with van der Waals surface area (Å²) in [6, 6.07) is 8.13. The summed E-state index contributed by atoms with van der Waals surface area (Å²) in [7, 11) is 1.99. The van der Waals surface area contributed by atoms with E-state index in [0.29, 0.717) is 6.42 Å². The molecular weight excluding hydrogens is 254 g/mol.